The molecule has 2 aromatic carbocycles. The number of pyridine rings is 1. The highest BCUT2D eigenvalue weighted by atomic mass is 16.5. The molecule has 2 aliphatic heterocycles. The predicted molar refractivity (Wildman–Crippen MR) is 120 cm³/mol. The molecule has 156 valence electrons. The van der Waals surface area contributed by atoms with Crippen LogP contribution in [0.5, 0.6) is 0 Å². The van der Waals surface area contributed by atoms with E-state index in [1.807, 2.05) is 48.5 Å². The van der Waals surface area contributed by atoms with Crippen molar-refractivity contribution in [3.8, 4) is 11.4 Å². The van der Waals surface area contributed by atoms with Gasteiger partial charge in [0.2, 0.25) is 0 Å². The Labute approximate surface area is 179 Å². The van der Waals surface area contributed by atoms with Gasteiger partial charge >= 0.3 is 5.97 Å². The van der Waals surface area contributed by atoms with Crippen LogP contribution in [0.3, 0.4) is 0 Å². The third-order valence-corrected chi connectivity index (χ3v) is 4.89. The van der Waals surface area contributed by atoms with Crippen LogP contribution in [-0.4, -0.2) is 35.5 Å². The lowest BCUT2D eigenvalue weighted by Crippen LogP contribution is -2.14. The minimum Gasteiger partial charge on any atom is -0.464 e. The lowest BCUT2D eigenvalue weighted by Gasteiger charge is -2.12. The first-order valence-electron chi connectivity index (χ1n) is 9.90. The van der Waals surface area contributed by atoms with E-state index in [1.165, 1.54) is 7.11 Å². The Bertz CT molecular complexity index is 1170. The molecule has 2 aromatic rings. The Kier molecular flexibility index (Phi) is 5.93. The summed E-state index contributed by atoms with van der Waals surface area (Å²) in [6, 6.07) is 20.5. The topological polar surface area (TPSA) is 96.1 Å². The Morgan fingerprint density at radius 2 is 1.81 bits per heavy atom. The van der Waals surface area contributed by atoms with E-state index in [0.717, 1.165) is 28.9 Å². The number of hydrogen-bond acceptors (Lipinski definition) is 5. The number of aromatic amines is 1. The van der Waals surface area contributed by atoms with Gasteiger partial charge in [-0.25, -0.2) is 9.78 Å². The molecular formula is C24H22N4O3. The molecule has 0 aliphatic carbocycles. The summed E-state index contributed by atoms with van der Waals surface area (Å²) >= 11 is 0. The molecule has 2 heterocycles. The molecule has 0 spiro atoms. The fourth-order valence-electron chi connectivity index (χ4n) is 3.31. The summed E-state index contributed by atoms with van der Waals surface area (Å²) in [6.45, 7) is 0.662. The molecule has 3 N–H and O–H groups in total. The van der Waals surface area contributed by atoms with Gasteiger partial charge in [-0.05, 0) is 42.3 Å². The second kappa shape index (κ2) is 9.13. The largest absolute Gasteiger partial charge is 0.464 e. The van der Waals surface area contributed by atoms with Crippen LogP contribution in [0.1, 0.15) is 26.4 Å². The third kappa shape index (κ3) is 4.72. The standard InChI is InChI=1S/C24H22N4O3/c1-31-24(30)21-14-18-13-19(15-26-22(18)27-21)25-12-11-16-7-5-6-10-20(16)28-23(29)17-8-3-2-4-9-17/h2-10,13-15,25H,11-12H2,1H3,(H,26,27)(H,28,29). The molecule has 0 saturated carbocycles. The number of hydrogen-bond donors (Lipinski definition) is 3. The lowest BCUT2D eigenvalue weighted by atomic mass is 10.1. The monoisotopic (exact) mass is 414 g/mol. The summed E-state index contributed by atoms with van der Waals surface area (Å²) in [5.41, 5.74) is 4.42. The number of methoxy groups -OCH3 is 1. The summed E-state index contributed by atoms with van der Waals surface area (Å²) in [6.07, 6.45) is 2.52. The SMILES string of the molecule is COC(=O)c1cc2cc(NCCc3ccccc3NC(=O)c3ccccc3)c[nH]c-2n1. The number of fused-ring (bicyclic) bond motifs is 1. The number of rotatable bonds is 7. The van der Waals surface area contributed by atoms with Crippen molar-refractivity contribution in [2.75, 3.05) is 24.3 Å². The maximum Gasteiger partial charge on any atom is 0.356 e. The molecule has 0 saturated heterocycles. The van der Waals surface area contributed by atoms with Crippen molar-refractivity contribution in [3.05, 3.63) is 89.7 Å². The maximum absolute atomic E-state index is 12.5. The summed E-state index contributed by atoms with van der Waals surface area (Å²) in [5, 5.41) is 6.36. The number of esters is 1. The Hall–Kier alpha value is -4.13. The number of carbonyl (C=O) groups is 2. The van der Waals surface area contributed by atoms with Crippen LogP contribution in [-0.2, 0) is 11.2 Å². The van der Waals surface area contributed by atoms with Gasteiger partial charge in [0.1, 0.15) is 5.82 Å². The first kappa shape index (κ1) is 20.2. The zero-order chi connectivity index (χ0) is 21.6. The second-order valence-corrected chi connectivity index (χ2v) is 6.98. The molecule has 0 unspecified atom stereocenters. The number of para-hydroxylation sites is 1. The number of nitrogens with zero attached hydrogens (tertiary/aromatic N) is 1. The number of nitrogens with one attached hydrogen (secondary N) is 3. The van der Waals surface area contributed by atoms with Crippen molar-refractivity contribution in [3.63, 3.8) is 0 Å². The van der Waals surface area contributed by atoms with E-state index in [0.29, 0.717) is 17.9 Å². The van der Waals surface area contributed by atoms with Crippen LogP contribution in [0.15, 0.2) is 72.9 Å². The predicted octanol–water partition coefficient (Wildman–Crippen LogP) is 4.21. The summed E-state index contributed by atoms with van der Waals surface area (Å²) in [7, 11) is 1.33. The van der Waals surface area contributed by atoms with Gasteiger partial charge in [0, 0.05) is 29.6 Å². The smallest absolute Gasteiger partial charge is 0.356 e. The number of anilines is 2. The highest BCUT2D eigenvalue weighted by Crippen LogP contribution is 2.24. The van der Waals surface area contributed by atoms with Crippen molar-refractivity contribution >= 4 is 23.3 Å². The molecule has 31 heavy (non-hydrogen) atoms. The zero-order valence-corrected chi connectivity index (χ0v) is 17.0. The lowest BCUT2D eigenvalue weighted by molar-refractivity contribution is 0.0595. The van der Waals surface area contributed by atoms with Crippen LogP contribution >= 0.6 is 0 Å². The Balaban J connectivity index is 1.40. The molecule has 0 aromatic heterocycles. The highest BCUT2D eigenvalue weighted by molar-refractivity contribution is 6.04. The van der Waals surface area contributed by atoms with Crippen molar-refractivity contribution in [2.24, 2.45) is 0 Å². The van der Waals surface area contributed by atoms with Crippen LogP contribution in [0.2, 0.25) is 0 Å². The van der Waals surface area contributed by atoms with Gasteiger partial charge in [-0.15, -0.1) is 0 Å². The van der Waals surface area contributed by atoms with Crippen molar-refractivity contribution in [1.82, 2.24) is 9.97 Å². The van der Waals surface area contributed by atoms with Crippen LogP contribution in [0, 0.1) is 0 Å². The van der Waals surface area contributed by atoms with E-state index >= 15 is 0 Å². The number of carbonyl (C=O) groups excluding carboxylic acids is 2. The van der Waals surface area contributed by atoms with Gasteiger partial charge in [-0.2, -0.15) is 0 Å². The van der Waals surface area contributed by atoms with Crippen molar-refractivity contribution in [1.29, 1.82) is 0 Å². The van der Waals surface area contributed by atoms with E-state index in [-0.39, 0.29) is 11.6 Å². The number of ether oxygens (including phenoxy) is 1. The molecule has 2 aliphatic rings. The van der Waals surface area contributed by atoms with Crippen molar-refractivity contribution in [2.45, 2.75) is 6.42 Å². The van der Waals surface area contributed by atoms with Gasteiger partial charge in [0.25, 0.3) is 5.91 Å². The second-order valence-electron chi connectivity index (χ2n) is 6.98. The van der Waals surface area contributed by atoms with Gasteiger partial charge in [0.05, 0.1) is 12.8 Å². The molecule has 0 fully saturated rings. The molecule has 0 atom stereocenters. The Morgan fingerprint density at radius 1 is 1.03 bits per heavy atom. The molecule has 4 rings (SSSR count). The molecule has 1 amide bonds. The number of aromatic nitrogens is 2. The fraction of sp³-hybridized carbons (Fsp3) is 0.125. The molecule has 0 radical (unpaired) electrons. The van der Waals surface area contributed by atoms with E-state index in [2.05, 4.69) is 20.6 Å². The summed E-state index contributed by atoms with van der Waals surface area (Å²) in [5.74, 6) is 0.0272. The van der Waals surface area contributed by atoms with Crippen LogP contribution < -0.4 is 10.6 Å². The molecular weight excluding hydrogens is 392 g/mol. The Morgan fingerprint density at radius 3 is 2.61 bits per heavy atom. The molecule has 7 heteroatoms. The van der Waals surface area contributed by atoms with Crippen LogP contribution in [0.25, 0.3) is 11.4 Å². The summed E-state index contributed by atoms with van der Waals surface area (Å²) < 4.78 is 4.72. The van der Waals surface area contributed by atoms with Gasteiger partial charge in [-0.3, -0.25) is 4.79 Å². The number of benzene rings is 2. The molecule has 0 bridgehead atoms. The van der Waals surface area contributed by atoms with Gasteiger partial charge in [0.15, 0.2) is 5.69 Å². The maximum atomic E-state index is 12.5. The van der Waals surface area contributed by atoms with Crippen LogP contribution in [0.4, 0.5) is 11.4 Å². The van der Waals surface area contributed by atoms with E-state index in [1.54, 1.807) is 24.4 Å². The fourth-order valence-corrected chi connectivity index (χ4v) is 3.31. The minimum absolute atomic E-state index is 0.133. The van der Waals surface area contributed by atoms with E-state index < -0.39 is 5.97 Å². The zero-order valence-electron chi connectivity index (χ0n) is 17.0. The number of amides is 1. The average Bonchev–Trinajstić information content (AvgIpc) is 3.24. The van der Waals surface area contributed by atoms with E-state index in [9.17, 15) is 9.59 Å². The minimum atomic E-state index is -0.465. The average molecular weight is 414 g/mol. The normalized spacial score (nSPS) is 10.6. The highest BCUT2D eigenvalue weighted by Gasteiger charge is 2.15. The number of H-pyrrole nitrogens is 1. The quantitative estimate of drug-likeness (QED) is 0.394. The first-order valence-corrected chi connectivity index (χ1v) is 9.90. The summed E-state index contributed by atoms with van der Waals surface area (Å²) in [4.78, 5) is 31.4. The van der Waals surface area contributed by atoms with Crippen molar-refractivity contribution < 1.29 is 14.3 Å². The molecule has 7 nitrogen and oxygen atoms in total. The third-order valence-electron chi connectivity index (χ3n) is 4.89. The van der Waals surface area contributed by atoms with E-state index in [4.69, 9.17) is 4.74 Å². The van der Waals surface area contributed by atoms with Gasteiger partial charge in [-0.1, -0.05) is 36.4 Å². The first-order chi connectivity index (χ1) is 15.1. The van der Waals surface area contributed by atoms with Gasteiger partial charge < -0.3 is 20.4 Å².